The lowest BCUT2D eigenvalue weighted by Gasteiger charge is -2.30. The molecular formula is C9H18N2O2. The van der Waals surface area contributed by atoms with Gasteiger partial charge < -0.3 is 15.8 Å². The van der Waals surface area contributed by atoms with Crippen LogP contribution in [0.2, 0.25) is 0 Å². The first kappa shape index (κ1) is 10.5. The predicted octanol–water partition coefficient (Wildman–Crippen LogP) is 0.0189. The Morgan fingerprint density at radius 2 is 2.23 bits per heavy atom. The molecule has 1 aliphatic rings. The maximum atomic E-state index is 10.6. The van der Waals surface area contributed by atoms with E-state index >= 15 is 0 Å². The van der Waals surface area contributed by atoms with Crippen molar-refractivity contribution < 1.29 is 9.53 Å². The summed E-state index contributed by atoms with van der Waals surface area (Å²) < 4.78 is 5.32. The van der Waals surface area contributed by atoms with E-state index in [0.717, 1.165) is 12.8 Å². The molecule has 0 radical (unpaired) electrons. The molecule has 1 rings (SSSR count). The van der Waals surface area contributed by atoms with Gasteiger partial charge in [0.25, 0.3) is 0 Å². The molecule has 1 saturated carbocycles. The first-order valence-corrected chi connectivity index (χ1v) is 4.78. The van der Waals surface area contributed by atoms with E-state index in [2.05, 4.69) is 5.32 Å². The normalized spacial score (nSPS) is 28.7. The number of hydrogen-bond donors (Lipinski definition) is 2. The van der Waals surface area contributed by atoms with Crippen molar-refractivity contribution in [3.8, 4) is 0 Å². The first-order chi connectivity index (χ1) is 6.24. The average molecular weight is 186 g/mol. The van der Waals surface area contributed by atoms with Crippen LogP contribution in [0.25, 0.3) is 0 Å². The summed E-state index contributed by atoms with van der Waals surface area (Å²) in [4.78, 5) is 10.6. The molecule has 0 saturated heterocycles. The second-order valence-corrected chi connectivity index (χ2v) is 3.51. The van der Waals surface area contributed by atoms with Crippen molar-refractivity contribution in [2.45, 2.75) is 37.8 Å². The van der Waals surface area contributed by atoms with Crippen LogP contribution in [0.15, 0.2) is 0 Å². The molecule has 3 N–H and O–H groups in total. The second-order valence-electron chi connectivity index (χ2n) is 3.51. The van der Waals surface area contributed by atoms with Gasteiger partial charge in [-0.3, -0.25) is 4.79 Å². The van der Waals surface area contributed by atoms with E-state index < -0.39 is 0 Å². The van der Waals surface area contributed by atoms with E-state index in [1.807, 2.05) is 0 Å². The number of amides is 1. The van der Waals surface area contributed by atoms with E-state index in [4.69, 9.17) is 10.5 Å². The second kappa shape index (κ2) is 5.19. The third-order valence-electron chi connectivity index (χ3n) is 2.54. The van der Waals surface area contributed by atoms with Gasteiger partial charge >= 0.3 is 0 Å². The lowest BCUT2D eigenvalue weighted by Crippen LogP contribution is -2.46. The third kappa shape index (κ3) is 3.32. The highest BCUT2D eigenvalue weighted by Gasteiger charge is 2.24. The van der Waals surface area contributed by atoms with Gasteiger partial charge in [-0.15, -0.1) is 0 Å². The van der Waals surface area contributed by atoms with E-state index in [1.165, 1.54) is 12.8 Å². The van der Waals surface area contributed by atoms with Gasteiger partial charge in [0.2, 0.25) is 5.91 Å². The zero-order valence-electron chi connectivity index (χ0n) is 8.08. The lowest BCUT2D eigenvalue weighted by atomic mass is 9.92. The summed E-state index contributed by atoms with van der Waals surface area (Å²) in [6.45, 7) is 0.254. The average Bonchev–Trinajstić information content (AvgIpc) is 2.15. The molecule has 4 heteroatoms. The van der Waals surface area contributed by atoms with E-state index in [9.17, 15) is 4.79 Å². The monoisotopic (exact) mass is 186 g/mol. The number of rotatable bonds is 4. The number of carbonyl (C=O) groups excluding carboxylic acids is 1. The van der Waals surface area contributed by atoms with Crippen molar-refractivity contribution in [2.75, 3.05) is 13.7 Å². The maximum absolute atomic E-state index is 10.6. The van der Waals surface area contributed by atoms with E-state index in [-0.39, 0.29) is 18.6 Å². The fourth-order valence-electron chi connectivity index (χ4n) is 1.84. The number of ether oxygens (including phenoxy) is 1. The van der Waals surface area contributed by atoms with Gasteiger partial charge in [-0.1, -0.05) is 12.8 Å². The lowest BCUT2D eigenvalue weighted by molar-refractivity contribution is -0.117. The van der Waals surface area contributed by atoms with Crippen LogP contribution >= 0.6 is 0 Å². The fraction of sp³-hybridized carbons (Fsp3) is 0.889. The summed E-state index contributed by atoms with van der Waals surface area (Å²) in [7, 11) is 1.72. The highest BCUT2D eigenvalue weighted by atomic mass is 16.5. The molecule has 0 aromatic carbocycles. The van der Waals surface area contributed by atoms with Gasteiger partial charge in [-0.2, -0.15) is 0 Å². The van der Waals surface area contributed by atoms with Gasteiger partial charge in [0.15, 0.2) is 0 Å². The number of hydrogen-bond acceptors (Lipinski definition) is 3. The van der Waals surface area contributed by atoms with Crippen LogP contribution < -0.4 is 11.1 Å². The molecule has 0 unspecified atom stereocenters. The molecule has 4 nitrogen and oxygen atoms in total. The largest absolute Gasteiger partial charge is 0.380 e. The van der Waals surface area contributed by atoms with E-state index in [1.54, 1.807) is 7.11 Å². The number of nitrogens with two attached hydrogens (primary N) is 1. The van der Waals surface area contributed by atoms with Gasteiger partial charge in [0, 0.05) is 13.2 Å². The molecule has 1 amide bonds. The number of methoxy groups -OCH3 is 1. The summed E-state index contributed by atoms with van der Waals surface area (Å²) in [6.07, 6.45) is 4.82. The van der Waals surface area contributed by atoms with Crippen molar-refractivity contribution >= 4 is 5.91 Å². The smallest absolute Gasteiger partial charge is 0.231 e. The molecule has 76 valence electrons. The van der Waals surface area contributed by atoms with Crippen molar-refractivity contribution in [3.63, 3.8) is 0 Å². The molecule has 0 heterocycles. The summed E-state index contributed by atoms with van der Waals surface area (Å²) in [5, 5.41) is 3.12. The van der Waals surface area contributed by atoms with Gasteiger partial charge in [-0.05, 0) is 12.8 Å². The van der Waals surface area contributed by atoms with Crippen LogP contribution in [0.5, 0.6) is 0 Å². The zero-order chi connectivity index (χ0) is 9.68. The molecule has 0 spiro atoms. The molecule has 0 bridgehead atoms. The van der Waals surface area contributed by atoms with Gasteiger partial charge in [-0.25, -0.2) is 0 Å². The quantitative estimate of drug-likeness (QED) is 0.650. The minimum absolute atomic E-state index is 0.244. The molecule has 0 aromatic heterocycles. The van der Waals surface area contributed by atoms with E-state index in [0.29, 0.717) is 6.04 Å². The summed E-state index contributed by atoms with van der Waals surface area (Å²) in [5.74, 6) is -0.305. The first-order valence-electron chi connectivity index (χ1n) is 4.78. The molecule has 1 aliphatic carbocycles. The van der Waals surface area contributed by atoms with Crippen molar-refractivity contribution in [1.29, 1.82) is 0 Å². The van der Waals surface area contributed by atoms with Crippen molar-refractivity contribution in [2.24, 2.45) is 5.73 Å². The van der Waals surface area contributed by atoms with Crippen molar-refractivity contribution in [3.05, 3.63) is 0 Å². The van der Waals surface area contributed by atoms with Crippen molar-refractivity contribution in [1.82, 2.24) is 5.32 Å². The molecule has 2 atom stereocenters. The summed E-state index contributed by atoms with van der Waals surface area (Å²) in [6, 6.07) is 0.297. The Morgan fingerprint density at radius 1 is 1.54 bits per heavy atom. The Morgan fingerprint density at radius 3 is 2.85 bits per heavy atom. The zero-order valence-corrected chi connectivity index (χ0v) is 8.08. The SMILES string of the molecule is CO[C@H]1CCCC[C@H]1NCC(N)=O. The maximum Gasteiger partial charge on any atom is 0.231 e. The van der Waals surface area contributed by atoms with Crippen LogP contribution in [0.3, 0.4) is 0 Å². The minimum Gasteiger partial charge on any atom is -0.380 e. The Kier molecular flexibility index (Phi) is 4.18. The standard InChI is InChI=1S/C9H18N2O2/c1-13-8-5-3-2-4-7(8)11-6-9(10)12/h7-8,11H,2-6H2,1H3,(H2,10,12)/t7-,8+/m1/s1. The Hall–Kier alpha value is -0.610. The van der Waals surface area contributed by atoms with Crippen LogP contribution in [0.1, 0.15) is 25.7 Å². The molecular weight excluding hydrogens is 168 g/mol. The highest BCUT2D eigenvalue weighted by molar-refractivity contribution is 5.75. The third-order valence-corrected chi connectivity index (χ3v) is 2.54. The topological polar surface area (TPSA) is 64.3 Å². The van der Waals surface area contributed by atoms with Crippen LogP contribution in [-0.4, -0.2) is 31.7 Å². The number of nitrogens with one attached hydrogen (secondary N) is 1. The predicted molar refractivity (Wildman–Crippen MR) is 50.3 cm³/mol. The van der Waals surface area contributed by atoms with Gasteiger partial charge in [0.05, 0.1) is 12.6 Å². The molecule has 1 fully saturated rings. The fourth-order valence-corrected chi connectivity index (χ4v) is 1.84. The number of primary amides is 1. The minimum atomic E-state index is -0.305. The summed E-state index contributed by atoms with van der Waals surface area (Å²) >= 11 is 0. The summed E-state index contributed by atoms with van der Waals surface area (Å²) in [5.41, 5.74) is 5.05. The number of carbonyl (C=O) groups is 1. The Balaban J connectivity index is 2.31. The Labute approximate surface area is 78.8 Å². The molecule has 0 aromatic rings. The molecule has 13 heavy (non-hydrogen) atoms. The molecule has 0 aliphatic heterocycles. The van der Waals surface area contributed by atoms with Crippen LogP contribution in [-0.2, 0) is 9.53 Å². The Bertz CT molecular complexity index is 173. The van der Waals surface area contributed by atoms with Crippen LogP contribution in [0, 0.1) is 0 Å². The van der Waals surface area contributed by atoms with Crippen LogP contribution in [0.4, 0.5) is 0 Å². The van der Waals surface area contributed by atoms with Gasteiger partial charge in [0.1, 0.15) is 0 Å². The highest BCUT2D eigenvalue weighted by Crippen LogP contribution is 2.20.